The molecule has 0 aliphatic carbocycles. The maximum absolute atomic E-state index is 13.0. The number of halogens is 2. The van der Waals surface area contributed by atoms with Crippen LogP contribution in [0.25, 0.3) is 0 Å². The van der Waals surface area contributed by atoms with Gasteiger partial charge in [-0.05, 0) is 18.9 Å². The number of rotatable bonds is 3. The van der Waals surface area contributed by atoms with Gasteiger partial charge >= 0.3 is 0 Å². The molecule has 1 aromatic rings. The van der Waals surface area contributed by atoms with Crippen molar-refractivity contribution < 1.29 is 18.8 Å². The quantitative estimate of drug-likeness (QED) is 0.678. The Bertz CT molecular complexity index is 474. The Kier molecular flexibility index (Phi) is 3.94. The summed E-state index contributed by atoms with van der Waals surface area (Å²) in [4.78, 5) is 11.7. The molecule has 1 aliphatic heterocycles. The number of nitro benzene ring substituents is 1. The number of anilines is 1. The van der Waals surface area contributed by atoms with Gasteiger partial charge in [-0.2, -0.15) is 0 Å². The van der Waals surface area contributed by atoms with Gasteiger partial charge in [-0.3, -0.25) is 10.1 Å². The van der Waals surface area contributed by atoms with Crippen LogP contribution in [0.3, 0.4) is 0 Å². The number of hydrogen-bond acceptors (Lipinski definition) is 4. The number of alkyl halides is 2. The van der Waals surface area contributed by atoms with Gasteiger partial charge < -0.3 is 10.0 Å². The molecule has 2 rings (SSSR count). The molecule has 0 atom stereocenters. The first-order valence-corrected chi connectivity index (χ1v) is 5.98. The minimum atomic E-state index is -2.76. The maximum atomic E-state index is 13.0. The molecule has 0 unspecified atom stereocenters. The van der Waals surface area contributed by atoms with Crippen molar-refractivity contribution in [3.05, 3.63) is 33.9 Å². The second-order valence-corrected chi connectivity index (χ2v) is 4.52. The van der Waals surface area contributed by atoms with Crippen molar-refractivity contribution >= 4 is 11.4 Å². The molecule has 0 amide bonds. The van der Waals surface area contributed by atoms with E-state index in [9.17, 15) is 24.0 Å². The number of non-ortho nitro benzene ring substituents is 1. The smallest absolute Gasteiger partial charge is 0.270 e. The number of nitro groups is 1. The second kappa shape index (κ2) is 5.48. The van der Waals surface area contributed by atoms with Crippen LogP contribution >= 0.6 is 0 Å². The Morgan fingerprint density at radius 3 is 2.53 bits per heavy atom. The Morgan fingerprint density at radius 2 is 2.00 bits per heavy atom. The highest BCUT2D eigenvalue weighted by Crippen LogP contribution is 2.34. The lowest BCUT2D eigenvalue weighted by Gasteiger charge is -2.32. The molecule has 0 spiro atoms. The van der Waals surface area contributed by atoms with Crippen molar-refractivity contribution in [1.82, 2.24) is 0 Å². The summed E-state index contributed by atoms with van der Waals surface area (Å²) in [6, 6.07) is 3.51. The summed E-state index contributed by atoms with van der Waals surface area (Å²) in [5, 5.41) is 20.0. The van der Waals surface area contributed by atoms with Crippen LogP contribution in [0, 0.1) is 10.1 Å². The molecule has 0 aromatic heterocycles. The van der Waals surface area contributed by atoms with Gasteiger partial charge in [0.15, 0.2) is 0 Å². The summed E-state index contributed by atoms with van der Waals surface area (Å²) in [5.41, 5.74) is -0.353. The lowest BCUT2D eigenvalue weighted by molar-refractivity contribution is -0.385. The third-order valence-corrected chi connectivity index (χ3v) is 3.26. The van der Waals surface area contributed by atoms with Gasteiger partial charge in [0.25, 0.3) is 12.1 Å². The lowest BCUT2D eigenvalue weighted by atomic mass is 10.0. The van der Waals surface area contributed by atoms with Crippen LogP contribution in [0.1, 0.15) is 24.8 Å². The van der Waals surface area contributed by atoms with Gasteiger partial charge in [0, 0.05) is 36.5 Å². The van der Waals surface area contributed by atoms with E-state index in [0.29, 0.717) is 31.6 Å². The van der Waals surface area contributed by atoms with Crippen molar-refractivity contribution in [2.75, 3.05) is 18.0 Å². The summed E-state index contributed by atoms with van der Waals surface area (Å²) in [6.07, 6.45) is -2.13. The summed E-state index contributed by atoms with van der Waals surface area (Å²) < 4.78 is 26.0. The molecule has 19 heavy (non-hydrogen) atoms. The fourth-order valence-electron chi connectivity index (χ4n) is 2.23. The average Bonchev–Trinajstić information content (AvgIpc) is 2.38. The van der Waals surface area contributed by atoms with E-state index in [1.54, 1.807) is 4.90 Å². The molecule has 104 valence electrons. The number of hydrogen-bond donors (Lipinski definition) is 1. The van der Waals surface area contributed by atoms with Crippen LogP contribution in [0.2, 0.25) is 0 Å². The van der Waals surface area contributed by atoms with Crippen LogP contribution in [-0.2, 0) is 0 Å². The van der Waals surface area contributed by atoms with E-state index in [4.69, 9.17) is 0 Å². The minimum Gasteiger partial charge on any atom is -0.393 e. The largest absolute Gasteiger partial charge is 0.393 e. The fourth-order valence-corrected chi connectivity index (χ4v) is 2.23. The minimum absolute atomic E-state index is 0.313. The van der Waals surface area contributed by atoms with Crippen LogP contribution in [0.15, 0.2) is 18.2 Å². The van der Waals surface area contributed by atoms with Crippen molar-refractivity contribution in [3.63, 3.8) is 0 Å². The second-order valence-electron chi connectivity index (χ2n) is 4.52. The van der Waals surface area contributed by atoms with Gasteiger partial charge in [0.05, 0.1) is 11.0 Å². The first kappa shape index (κ1) is 13.7. The Hall–Kier alpha value is -1.76. The molecule has 1 N–H and O–H groups in total. The molecule has 7 heteroatoms. The van der Waals surface area contributed by atoms with Crippen molar-refractivity contribution in [2.45, 2.75) is 25.4 Å². The van der Waals surface area contributed by atoms with E-state index in [-0.39, 0.29) is 11.3 Å². The summed E-state index contributed by atoms with van der Waals surface area (Å²) in [5.74, 6) is 0. The molecule has 0 saturated carbocycles. The van der Waals surface area contributed by atoms with Crippen molar-refractivity contribution in [3.8, 4) is 0 Å². The van der Waals surface area contributed by atoms with Gasteiger partial charge in [0.1, 0.15) is 0 Å². The zero-order chi connectivity index (χ0) is 14.0. The Balaban J connectivity index is 2.31. The molecule has 1 aliphatic rings. The Labute approximate surface area is 108 Å². The van der Waals surface area contributed by atoms with Gasteiger partial charge in [-0.15, -0.1) is 0 Å². The third kappa shape index (κ3) is 2.98. The first-order valence-electron chi connectivity index (χ1n) is 5.98. The van der Waals surface area contributed by atoms with Crippen molar-refractivity contribution in [1.29, 1.82) is 0 Å². The molecule has 0 bridgehead atoms. The van der Waals surface area contributed by atoms with Crippen LogP contribution in [0.5, 0.6) is 0 Å². The molecule has 5 nitrogen and oxygen atoms in total. The lowest BCUT2D eigenvalue weighted by Crippen LogP contribution is -2.36. The summed E-state index contributed by atoms with van der Waals surface area (Å²) >= 11 is 0. The summed E-state index contributed by atoms with van der Waals surface area (Å²) in [6.45, 7) is 0.942. The Morgan fingerprint density at radius 1 is 1.37 bits per heavy atom. The highest BCUT2D eigenvalue weighted by Gasteiger charge is 2.24. The number of benzene rings is 1. The maximum Gasteiger partial charge on any atom is 0.270 e. The SMILES string of the molecule is O=[N+]([O-])c1ccc(N2CCC(O)CC2)c(C(F)F)c1. The molecule has 0 radical (unpaired) electrons. The first-order chi connectivity index (χ1) is 8.99. The van der Waals surface area contributed by atoms with E-state index in [2.05, 4.69) is 0 Å². The summed E-state index contributed by atoms with van der Waals surface area (Å²) in [7, 11) is 0. The number of aliphatic hydroxyl groups excluding tert-OH is 1. The molecular weight excluding hydrogens is 258 g/mol. The molecule has 1 heterocycles. The van der Waals surface area contributed by atoms with E-state index in [1.165, 1.54) is 12.1 Å². The zero-order valence-corrected chi connectivity index (χ0v) is 10.1. The zero-order valence-electron chi connectivity index (χ0n) is 10.1. The molecule has 1 fully saturated rings. The molecular formula is C12H14F2N2O3. The van der Waals surface area contributed by atoms with E-state index in [0.717, 1.165) is 6.07 Å². The van der Waals surface area contributed by atoms with Crippen LogP contribution in [-0.4, -0.2) is 29.2 Å². The van der Waals surface area contributed by atoms with Crippen LogP contribution in [0.4, 0.5) is 20.2 Å². The fraction of sp³-hybridized carbons (Fsp3) is 0.500. The third-order valence-electron chi connectivity index (χ3n) is 3.26. The topological polar surface area (TPSA) is 66.6 Å². The van der Waals surface area contributed by atoms with E-state index < -0.39 is 17.5 Å². The monoisotopic (exact) mass is 272 g/mol. The van der Waals surface area contributed by atoms with Crippen LogP contribution < -0.4 is 4.90 Å². The van der Waals surface area contributed by atoms with Gasteiger partial charge in [-0.25, -0.2) is 8.78 Å². The van der Waals surface area contributed by atoms with E-state index in [1.807, 2.05) is 0 Å². The number of piperidine rings is 1. The number of aliphatic hydroxyl groups is 1. The normalized spacial score (nSPS) is 16.9. The van der Waals surface area contributed by atoms with Gasteiger partial charge in [-0.1, -0.05) is 0 Å². The van der Waals surface area contributed by atoms with Crippen molar-refractivity contribution in [2.24, 2.45) is 0 Å². The highest BCUT2D eigenvalue weighted by molar-refractivity contribution is 5.58. The predicted octanol–water partition coefficient (Wildman–Crippen LogP) is 2.49. The average molecular weight is 272 g/mol. The van der Waals surface area contributed by atoms with E-state index >= 15 is 0 Å². The number of nitrogens with zero attached hydrogens (tertiary/aromatic N) is 2. The standard InChI is InChI=1S/C12H14F2N2O3/c13-12(14)10-7-8(16(18)19)1-2-11(10)15-5-3-9(17)4-6-15/h1-2,7,9,12,17H,3-6H2. The highest BCUT2D eigenvalue weighted by atomic mass is 19.3. The molecule has 1 saturated heterocycles. The predicted molar refractivity (Wildman–Crippen MR) is 65.5 cm³/mol. The molecule has 1 aromatic carbocycles. The van der Waals surface area contributed by atoms with Gasteiger partial charge in [0.2, 0.25) is 0 Å².